The standard InChI is InChI=1S/C14H20N2O5/c1-2-3-4-5-8-11-14(15(18)19,16(20)21)12-9-6-7-10-13(12)17/h6-7,9-10,17H,2-5,8,11H2,1H3. The minimum absolute atomic E-state index is 0.228. The molecule has 1 aromatic rings. The number of hydrogen-bond donors (Lipinski definition) is 1. The molecule has 1 aromatic carbocycles. The lowest BCUT2D eigenvalue weighted by atomic mass is 9.93. The molecule has 7 nitrogen and oxygen atoms in total. The number of aromatic hydroxyl groups is 1. The van der Waals surface area contributed by atoms with Crippen LogP contribution < -0.4 is 0 Å². The molecule has 0 fully saturated rings. The maximum absolute atomic E-state index is 11.4. The summed E-state index contributed by atoms with van der Waals surface area (Å²) in [6.07, 6.45) is 3.76. The van der Waals surface area contributed by atoms with E-state index in [2.05, 4.69) is 0 Å². The Morgan fingerprint density at radius 1 is 1.05 bits per heavy atom. The van der Waals surface area contributed by atoms with Gasteiger partial charge in [0.25, 0.3) is 0 Å². The molecule has 0 saturated carbocycles. The minimum Gasteiger partial charge on any atom is -0.507 e. The molecule has 0 aliphatic carbocycles. The second-order valence-corrected chi connectivity index (χ2v) is 5.01. The van der Waals surface area contributed by atoms with E-state index < -0.39 is 21.3 Å². The summed E-state index contributed by atoms with van der Waals surface area (Å²) in [7, 11) is 0. The quantitative estimate of drug-likeness (QED) is 0.325. The SMILES string of the molecule is CCCCCCCC(c1ccccc1O)([N+](=O)[O-])[N+](=O)[O-]. The molecule has 21 heavy (non-hydrogen) atoms. The molecule has 1 rings (SSSR count). The number of phenolic OH excluding ortho intramolecular Hbond substituents is 1. The van der Waals surface area contributed by atoms with E-state index in [-0.39, 0.29) is 12.0 Å². The van der Waals surface area contributed by atoms with E-state index in [0.29, 0.717) is 12.8 Å². The largest absolute Gasteiger partial charge is 0.507 e. The van der Waals surface area contributed by atoms with E-state index in [1.807, 2.05) is 6.92 Å². The monoisotopic (exact) mass is 296 g/mol. The van der Waals surface area contributed by atoms with Gasteiger partial charge in [-0.25, -0.2) is 0 Å². The molecule has 0 bridgehead atoms. The average molecular weight is 296 g/mol. The molecule has 7 heteroatoms. The van der Waals surface area contributed by atoms with Gasteiger partial charge in [-0.3, -0.25) is 20.2 Å². The van der Waals surface area contributed by atoms with Gasteiger partial charge >= 0.3 is 5.66 Å². The molecule has 0 amide bonds. The Hall–Kier alpha value is -2.18. The number of benzene rings is 1. The molecule has 0 aliphatic heterocycles. The molecule has 0 spiro atoms. The topological polar surface area (TPSA) is 107 Å². The third-order valence-corrected chi connectivity index (χ3v) is 3.57. The summed E-state index contributed by atoms with van der Waals surface area (Å²) < 4.78 is 0. The summed E-state index contributed by atoms with van der Waals surface area (Å²) in [5.41, 5.74) is -2.73. The van der Waals surface area contributed by atoms with Crippen molar-refractivity contribution in [2.24, 2.45) is 0 Å². The Labute approximate surface area is 122 Å². The third-order valence-electron chi connectivity index (χ3n) is 3.57. The highest BCUT2D eigenvalue weighted by Gasteiger charge is 2.58. The summed E-state index contributed by atoms with van der Waals surface area (Å²) in [5, 5.41) is 32.6. The van der Waals surface area contributed by atoms with Crippen molar-refractivity contribution in [2.75, 3.05) is 0 Å². The lowest BCUT2D eigenvalue weighted by Crippen LogP contribution is -2.43. The first-order valence-electron chi connectivity index (χ1n) is 7.04. The van der Waals surface area contributed by atoms with Crippen LogP contribution >= 0.6 is 0 Å². The van der Waals surface area contributed by atoms with Gasteiger partial charge in [0.1, 0.15) is 21.2 Å². The molecule has 1 N–H and O–H groups in total. The van der Waals surface area contributed by atoms with E-state index >= 15 is 0 Å². The highest BCUT2D eigenvalue weighted by molar-refractivity contribution is 5.35. The first kappa shape index (κ1) is 16.9. The molecule has 0 radical (unpaired) electrons. The molecule has 0 aromatic heterocycles. The lowest BCUT2D eigenvalue weighted by molar-refractivity contribution is -0.811. The summed E-state index contributed by atoms with van der Waals surface area (Å²) in [5.74, 6) is -0.417. The van der Waals surface area contributed by atoms with Gasteiger partial charge in [0.2, 0.25) is 0 Å². The molecule has 0 heterocycles. The van der Waals surface area contributed by atoms with Gasteiger partial charge in [-0.05, 0) is 18.6 Å². The van der Waals surface area contributed by atoms with Crippen LogP contribution in [0.5, 0.6) is 5.75 Å². The second kappa shape index (κ2) is 7.56. The maximum atomic E-state index is 11.4. The Morgan fingerprint density at radius 2 is 1.62 bits per heavy atom. The van der Waals surface area contributed by atoms with Gasteiger partial charge in [-0.15, -0.1) is 0 Å². The predicted octanol–water partition coefficient (Wildman–Crippen LogP) is 3.46. The zero-order chi connectivity index (χ0) is 15.9. The first-order chi connectivity index (χ1) is 9.96. The normalized spacial score (nSPS) is 11.3. The smallest absolute Gasteiger partial charge is 0.487 e. The summed E-state index contributed by atoms with van der Waals surface area (Å²) in [6.45, 7) is 2.04. The Bertz CT molecular complexity index is 490. The summed E-state index contributed by atoms with van der Waals surface area (Å²) in [6, 6.07) is 5.40. The lowest BCUT2D eigenvalue weighted by Gasteiger charge is -2.18. The van der Waals surface area contributed by atoms with Gasteiger partial charge in [-0.2, -0.15) is 0 Å². The number of hydrogen-bond acceptors (Lipinski definition) is 5. The average Bonchev–Trinajstić information content (AvgIpc) is 2.43. The number of phenols is 1. The minimum atomic E-state index is -2.47. The van der Waals surface area contributed by atoms with Gasteiger partial charge in [0.15, 0.2) is 0 Å². The van der Waals surface area contributed by atoms with E-state index in [1.54, 1.807) is 0 Å². The number of nitro groups is 2. The summed E-state index contributed by atoms with van der Waals surface area (Å²) >= 11 is 0. The van der Waals surface area contributed by atoms with Crippen LogP contribution in [0, 0.1) is 20.2 Å². The van der Waals surface area contributed by atoms with Crippen LogP contribution in [0.3, 0.4) is 0 Å². The first-order valence-corrected chi connectivity index (χ1v) is 7.04. The van der Waals surface area contributed by atoms with E-state index in [0.717, 1.165) is 19.3 Å². The van der Waals surface area contributed by atoms with Crippen LogP contribution in [-0.4, -0.2) is 15.0 Å². The highest BCUT2D eigenvalue weighted by atomic mass is 16.7. The predicted molar refractivity (Wildman–Crippen MR) is 77.1 cm³/mol. The Balaban J connectivity index is 3.04. The number of nitrogens with zero attached hydrogens (tertiary/aromatic N) is 2. The second-order valence-electron chi connectivity index (χ2n) is 5.01. The fourth-order valence-corrected chi connectivity index (χ4v) is 2.37. The summed E-state index contributed by atoms with van der Waals surface area (Å²) in [4.78, 5) is 21.0. The van der Waals surface area contributed by atoms with Crippen molar-refractivity contribution in [3.05, 3.63) is 50.1 Å². The Kier molecular flexibility index (Phi) is 6.08. The van der Waals surface area contributed by atoms with Crippen LogP contribution in [0.25, 0.3) is 0 Å². The van der Waals surface area contributed by atoms with Gasteiger partial charge in [-0.1, -0.05) is 44.7 Å². The molecule has 116 valence electrons. The van der Waals surface area contributed by atoms with Crippen molar-refractivity contribution in [3.63, 3.8) is 0 Å². The maximum Gasteiger partial charge on any atom is 0.487 e. The van der Waals surface area contributed by atoms with E-state index in [1.165, 1.54) is 24.3 Å². The van der Waals surface area contributed by atoms with Crippen LogP contribution in [0.2, 0.25) is 0 Å². The zero-order valence-electron chi connectivity index (χ0n) is 12.0. The van der Waals surface area contributed by atoms with Crippen molar-refractivity contribution in [2.45, 2.75) is 51.1 Å². The van der Waals surface area contributed by atoms with Crippen LogP contribution in [0.15, 0.2) is 24.3 Å². The number of unbranched alkanes of at least 4 members (excludes halogenated alkanes) is 4. The van der Waals surface area contributed by atoms with Crippen LogP contribution in [0.1, 0.15) is 51.0 Å². The van der Waals surface area contributed by atoms with E-state index in [4.69, 9.17) is 0 Å². The molecule has 0 saturated heterocycles. The molecular weight excluding hydrogens is 276 g/mol. The molecular formula is C14H20N2O5. The number of rotatable bonds is 9. The molecule has 0 aliphatic rings. The third kappa shape index (κ3) is 3.68. The van der Waals surface area contributed by atoms with Gasteiger partial charge in [0.05, 0.1) is 6.42 Å². The van der Waals surface area contributed by atoms with Gasteiger partial charge < -0.3 is 5.11 Å². The van der Waals surface area contributed by atoms with E-state index in [9.17, 15) is 25.3 Å². The number of para-hydroxylation sites is 1. The van der Waals surface area contributed by atoms with Crippen molar-refractivity contribution in [1.29, 1.82) is 0 Å². The van der Waals surface area contributed by atoms with Gasteiger partial charge in [0, 0.05) is 0 Å². The fraction of sp³-hybridized carbons (Fsp3) is 0.571. The van der Waals surface area contributed by atoms with Crippen molar-refractivity contribution in [3.8, 4) is 5.75 Å². The van der Waals surface area contributed by atoms with Crippen molar-refractivity contribution in [1.82, 2.24) is 0 Å². The highest BCUT2D eigenvalue weighted by Crippen LogP contribution is 2.36. The van der Waals surface area contributed by atoms with Crippen molar-refractivity contribution < 1.29 is 15.0 Å². The van der Waals surface area contributed by atoms with Crippen LogP contribution in [0.4, 0.5) is 0 Å². The zero-order valence-corrected chi connectivity index (χ0v) is 12.0. The molecule has 0 atom stereocenters. The Morgan fingerprint density at radius 3 is 2.14 bits per heavy atom. The molecule has 0 unspecified atom stereocenters. The van der Waals surface area contributed by atoms with Crippen LogP contribution in [-0.2, 0) is 5.66 Å². The fourth-order valence-electron chi connectivity index (χ4n) is 2.37. The van der Waals surface area contributed by atoms with Crippen molar-refractivity contribution >= 4 is 0 Å².